The van der Waals surface area contributed by atoms with Gasteiger partial charge in [-0.1, -0.05) is 123 Å². The SMILES string of the molecule is CCCCNc1ccc(N(c2ccc(C)cc2)c2c(N(c3ccc(C)cc3)c3ccc(C(N)CCC)cc3)c3ccccc3c3ccccc23)cc1. The third-order valence-electron chi connectivity index (χ3n) is 10.1. The van der Waals surface area contributed by atoms with Crippen molar-refractivity contribution in [3.63, 3.8) is 0 Å². The van der Waals surface area contributed by atoms with Gasteiger partial charge in [0.05, 0.1) is 11.4 Å². The van der Waals surface area contributed by atoms with Crippen molar-refractivity contribution in [2.45, 2.75) is 59.4 Å². The molecule has 0 saturated carbocycles. The molecule has 0 aliphatic rings. The Bertz CT molecular complexity index is 2240. The Hall–Kier alpha value is -5.58. The van der Waals surface area contributed by atoms with Crippen molar-refractivity contribution < 1.29 is 0 Å². The Labute approximate surface area is 309 Å². The maximum Gasteiger partial charge on any atom is 0.0788 e. The molecule has 1 unspecified atom stereocenters. The number of anilines is 7. The van der Waals surface area contributed by atoms with Crippen molar-refractivity contribution >= 4 is 61.4 Å². The quantitative estimate of drug-likeness (QED) is 0.0722. The summed E-state index contributed by atoms with van der Waals surface area (Å²) in [6.45, 7) is 9.68. The van der Waals surface area contributed by atoms with Crippen LogP contribution in [0.2, 0.25) is 0 Å². The number of hydrogen-bond acceptors (Lipinski definition) is 4. The van der Waals surface area contributed by atoms with E-state index in [9.17, 15) is 0 Å². The van der Waals surface area contributed by atoms with Crippen molar-refractivity contribution in [3.8, 4) is 0 Å². The molecule has 52 heavy (non-hydrogen) atoms. The first kappa shape index (κ1) is 34.9. The topological polar surface area (TPSA) is 44.5 Å². The summed E-state index contributed by atoms with van der Waals surface area (Å²) in [6.07, 6.45) is 4.31. The van der Waals surface area contributed by atoms with Crippen molar-refractivity contribution in [2.24, 2.45) is 5.73 Å². The minimum atomic E-state index is 0.0143. The summed E-state index contributed by atoms with van der Waals surface area (Å²) in [5, 5.41) is 8.41. The van der Waals surface area contributed by atoms with Crippen LogP contribution in [0.5, 0.6) is 0 Å². The normalized spacial score (nSPS) is 11.9. The second kappa shape index (κ2) is 15.8. The maximum atomic E-state index is 6.63. The van der Waals surface area contributed by atoms with Crippen LogP contribution in [-0.4, -0.2) is 6.54 Å². The second-order valence-electron chi connectivity index (χ2n) is 13.9. The fraction of sp³-hybridized carbons (Fsp3) is 0.208. The van der Waals surface area contributed by atoms with Gasteiger partial charge in [0.2, 0.25) is 0 Å². The molecule has 0 aromatic heterocycles. The van der Waals surface area contributed by atoms with Crippen LogP contribution in [0.1, 0.15) is 62.3 Å². The van der Waals surface area contributed by atoms with Gasteiger partial charge in [-0.25, -0.2) is 0 Å². The van der Waals surface area contributed by atoms with Crippen LogP contribution in [0.25, 0.3) is 21.5 Å². The van der Waals surface area contributed by atoms with Gasteiger partial charge in [-0.15, -0.1) is 0 Å². The van der Waals surface area contributed by atoms with E-state index in [4.69, 9.17) is 5.73 Å². The van der Waals surface area contributed by atoms with Gasteiger partial charge in [-0.3, -0.25) is 0 Å². The molecular formula is C48H50N4. The number of rotatable bonds is 13. The van der Waals surface area contributed by atoms with Crippen molar-refractivity contribution in [1.29, 1.82) is 0 Å². The molecule has 0 aliphatic heterocycles. The summed E-state index contributed by atoms with van der Waals surface area (Å²) in [4.78, 5) is 4.90. The van der Waals surface area contributed by atoms with E-state index in [-0.39, 0.29) is 6.04 Å². The number of aryl methyl sites for hydroxylation is 2. The lowest BCUT2D eigenvalue weighted by molar-refractivity contribution is 0.638. The van der Waals surface area contributed by atoms with Crippen molar-refractivity contribution in [1.82, 2.24) is 0 Å². The Balaban J connectivity index is 1.56. The highest BCUT2D eigenvalue weighted by Crippen LogP contribution is 2.53. The van der Waals surface area contributed by atoms with Gasteiger partial charge in [0.1, 0.15) is 0 Å². The standard InChI is InChI=1S/C48H50N4/c1-5-7-33-50-37-23-31-41(32-24-37)52(39-27-19-35(4)20-28-39)48-45-16-11-9-14-43(45)42-13-8-10-15-44(42)47(48)51(38-25-17-34(3)18-26-38)40-29-21-36(22-30-40)46(49)12-6-2/h8-11,13-32,46,50H,5-7,12,33,49H2,1-4H3. The highest BCUT2D eigenvalue weighted by atomic mass is 15.2. The number of fused-ring (bicyclic) bond motifs is 3. The molecule has 4 nitrogen and oxygen atoms in total. The summed E-state index contributed by atoms with van der Waals surface area (Å²) in [6, 6.07) is 53.4. The van der Waals surface area contributed by atoms with E-state index in [1.165, 1.54) is 32.7 Å². The van der Waals surface area contributed by atoms with E-state index in [2.05, 4.69) is 188 Å². The van der Waals surface area contributed by atoms with Gasteiger partial charge >= 0.3 is 0 Å². The smallest absolute Gasteiger partial charge is 0.0788 e. The minimum absolute atomic E-state index is 0.0143. The fourth-order valence-electron chi connectivity index (χ4n) is 7.25. The summed E-state index contributed by atoms with van der Waals surface area (Å²) < 4.78 is 0. The molecule has 3 N–H and O–H groups in total. The lowest BCUT2D eigenvalue weighted by Gasteiger charge is -2.35. The molecule has 262 valence electrons. The van der Waals surface area contributed by atoms with Crippen LogP contribution >= 0.6 is 0 Å². The summed E-state index contributed by atoms with van der Waals surface area (Å²) >= 11 is 0. The van der Waals surface area contributed by atoms with Gasteiger partial charge in [0.25, 0.3) is 0 Å². The molecule has 0 spiro atoms. The van der Waals surface area contributed by atoms with E-state index in [1.54, 1.807) is 0 Å². The number of benzene rings is 7. The molecule has 7 aromatic carbocycles. The molecule has 0 aliphatic carbocycles. The van der Waals surface area contributed by atoms with E-state index in [0.29, 0.717) is 0 Å². The maximum absolute atomic E-state index is 6.63. The number of unbranched alkanes of at least 4 members (excludes halogenated alkanes) is 1. The van der Waals surface area contributed by atoms with Gasteiger partial charge < -0.3 is 20.9 Å². The van der Waals surface area contributed by atoms with E-state index in [0.717, 1.165) is 77.6 Å². The zero-order valence-corrected chi connectivity index (χ0v) is 30.9. The van der Waals surface area contributed by atoms with Gasteiger partial charge in [-0.05, 0) is 104 Å². The van der Waals surface area contributed by atoms with Crippen LogP contribution in [0, 0.1) is 13.8 Å². The van der Waals surface area contributed by atoms with E-state index >= 15 is 0 Å². The van der Waals surface area contributed by atoms with Crippen LogP contribution in [0.3, 0.4) is 0 Å². The molecule has 0 radical (unpaired) electrons. The number of nitrogens with one attached hydrogen (secondary N) is 1. The molecule has 0 fully saturated rings. The Morgan fingerprint density at radius 2 is 0.904 bits per heavy atom. The zero-order chi connectivity index (χ0) is 36.0. The van der Waals surface area contributed by atoms with Crippen LogP contribution in [-0.2, 0) is 0 Å². The molecule has 0 bridgehead atoms. The van der Waals surface area contributed by atoms with Crippen LogP contribution < -0.4 is 20.9 Å². The highest BCUT2D eigenvalue weighted by molar-refractivity contribution is 6.23. The van der Waals surface area contributed by atoms with Crippen LogP contribution in [0.15, 0.2) is 146 Å². The number of nitrogens with two attached hydrogens (primary N) is 1. The molecule has 0 saturated heterocycles. The molecule has 7 rings (SSSR count). The molecule has 0 heterocycles. The Morgan fingerprint density at radius 1 is 0.500 bits per heavy atom. The average Bonchev–Trinajstić information content (AvgIpc) is 3.18. The monoisotopic (exact) mass is 682 g/mol. The number of hydrogen-bond donors (Lipinski definition) is 2. The fourth-order valence-corrected chi connectivity index (χ4v) is 7.25. The second-order valence-corrected chi connectivity index (χ2v) is 13.9. The first-order valence-electron chi connectivity index (χ1n) is 18.8. The first-order chi connectivity index (χ1) is 25.5. The molecular weight excluding hydrogens is 633 g/mol. The Kier molecular flexibility index (Phi) is 10.6. The van der Waals surface area contributed by atoms with Crippen molar-refractivity contribution in [2.75, 3.05) is 21.7 Å². The van der Waals surface area contributed by atoms with Gasteiger partial charge in [0.15, 0.2) is 0 Å². The summed E-state index contributed by atoms with van der Waals surface area (Å²) in [5.41, 5.74) is 18.0. The molecule has 0 amide bonds. The highest BCUT2D eigenvalue weighted by Gasteiger charge is 2.27. The number of nitrogens with zero attached hydrogens (tertiary/aromatic N) is 2. The van der Waals surface area contributed by atoms with Crippen LogP contribution in [0.4, 0.5) is 39.8 Å². The predicted molar refractivity (Wildman–Crippen MR) is 226 cm³/mol. The van der Waals surface area contributed by atoms with Crippen molar-refractivity contribution in [3.05, 3.63) is 162 Å². The van der Waals surface area contributed by atoms with E-state index < -0.39 is 0 Å². The third-order valence-corrected chi connectivity index (χ3v) is 10.1. The predicted octanol–water partition coefficient (Wildman–Crippen LogP) is 13.6. The zero-order valence-electron chi connectivity index (χ0n) is 30.9. The third kappa shape index (κ3) is 7.12. The molecule has 1 atom stereocenters. The molecule has 7 aromatic rings. The molecule has 4 heteroatoms. The van der Waals surface area contributed by atoms with Gasteiger partial charge in [0, 0.05) is 51.8 Å². The van der Waals surface area contributed by atoms with E-state index in [1.807, 2.05) is 0 Å². The van der Waals surface area contributed by atoms with Gasteiger partial charge in [-0.2, -0.15) is 0 Å². The Morgan fingerprint density at radius 3 is 1.33 bits per heavy atom. The first-order valence-corrected chi connectivity index (χ1v) is 18.8. The summed E-state index contributed by atoms with van der Waals surface area (Å²) in [7, 11) is 0. The largest absolute Gasteiger partial charge is 0.385 e. The summed E-state index contributed by atoms with van der Waals surface area (Å²) in [5.74, 6) is 0. The average molecular weight is 683 g/mol. The lowest BCUT2D eigenvalue weighted by atomic mass is 9.95. The minimum Gasteiger partial charge on any atom is -0.385 e. The lowest BCUT2D eigenvalue weighted by Crippen LogP contribution is -2.18.